The molecule has 0 atom stereocenters. The first-order valence-electron chi connectivity index (χ1n) is 9.37. The Balaban J connectivity index is 1.54. The molecule has 3 rings (SSSR count). The molecule has 1 aliphatic heterocycles. The topological polar surface area (TPSA) is 70.7 Å². The minimum absolute atomic E-state index is 0.0306. The average Bonchev–Trinajstić information content (AvgIpc) is 3.21. The first-order valence-corrected chi connectivity index (χ1v) is 9.74. The van der Waals surface area contributed by atoms with Gasteiger partial charge < -0.3 is 20.3 Å². The lowest BCUT2D eigenvalue weighted by atomic mass is 10.1. The second-order valence-electron chi connectivity index (χ2n) is 6.68. The highest BCUT2D eigenvalue weighted by atomic mass is 35.5. The summed E-state index contributed by atoms with van der Waals surface area (Å²) < 4.78 is 5.55. The van der Waals surface area contributed by atoms with Gasteiger partial charge in [-0.25, -0.2) is 4.79 Å². The maximum atomic E-state index is 12.8. The Kier molecular flexibility index (Phi) is 6.76. The molecule has 1 saturated heterocycles. The molecule has 0 spiro atoms. The third-order valence-electron chi connectivity index (χ3n) is 4.60. The SMILES string of the molecule is Cc1cccc(NC(=O)NCCOc2ccc(Cl)cc2)c1C(=O)N1CCCC1. The van der Waals surface area contributed by atoms with E-state index in [-0.39, 0.29) is 11.9 Å². The Labute approximate surface area is 169 Å². The van der Waals surface area contributed by atoms with E-state index in [2.05, 4.69) is 10.6 Å². The van der Waals surface area contributed by atoms with Gasteiger partial charge in [-0.3, -0.25) is 4.79 Å². The van der Waals surface area contributed by atoms with Crippen molar-refractivity contribution < 1.29 is 14.3 Å². The van der Waals surface area contributed by atoms with Crippen molar-refractivity contribution in [3.05, 3.63) is 58.6 Å². The van der Waals surface area contributed by atoms with Crippen LogP contribution < -0.4 is 15.4 Å². The molecule has 1 aliphatic rings. The van der Waals surface area contributed by atoms with Crippen molar-refractivity contribution in [3.8, 4) is 5.75 Å². The van der Waals surface area contributed by atoms with Gasteiger partial charge in [0, 0.05) is 18.1 Å². The highest BCUT2D eigenvalue weighted by Gasteiger charge is 2.24. The molecule has 1 heterocycles. The van der Waals surface area contributed by atoms with Gasteiger partial charge in [0.1, 0.15) is 12.4 Å². The molecule has 0 radical (unpaired) electrons. The largest absolute Gasteiger partial charge is 0.492 e. The highest BCUT2D eigenvalue weighted by Crippen LogP contribution is 2.23. The molecule has 3 amide bonds. The summed E-state index contributed by atoms with van der Waals surface area (Å²) in [4.78, 5) is 26.9. The molecule has 6 nitrogen and oxygen atoms in total. The van der Waals surface area contributed by atoms with Crippen LogP contribution in [0.2, 0.25) is 5.02 Å². The Morgan fingerprint density at radius 3 is 2.54 bits per heavy atom. The van der Waals surface area contributed by atoms with Crippen LogP contribution in [-0.2, 0) is 0 Å². The molecule has 28 heavy (non-hydrogen) atoms. The Morgan fingerprint density at radius 1 is 1.11 bits per heavy atom. The normalized spacial score (nSPS) is 13.3. The molecule has 7 heteroatoms. The van der Waals surface area contributed by atoms with Gasteiger partial charge in [-0.05, 0) is 55.7 Å². The number of halogens is 1. The number of rotatable bonds is 6. The Bertz CT molecular complexity index is 833. The number of hydrogen-bond acceptors (Lipinski definition) is 3. The van der Waals surface area contributed by atoms with Crippen LogP contribution in [0.3, 0.4) is 0 Å². The van der Waals surface area contributed by atoms with Crippen LogP contribution in [0.25, 0.3) is 0 Å². The van der Waals surface area contributed by atoms with Gasteiger partial charge in [0.25, 0.3) is 5.91 Å². The van der Waals surface area contributed by atoms with Crippen molar-refractivity contribution in [2.24, 2.45) is 0 Å². The minimum Gasteiger partial charge on any atom is -0.492 e. The number of carbonyl (C=O) groups is 2. The standard InChI is InChI=1S/C21H24ClN3O3/c1-15-5-4-6-18(19(15)20(26)25-12-2-3-13-25)24-21(27)23-11-14-28-17-9-7-16(22)8-10-17/h4-10H,2-3,11-14H2,1H3,(H2,23,24,27). The number of amides is 3. The number of nitrogens with one attached hydrogen (secondary N) is 2. The molecule has 0 aliphatic carbocycles. The zero-order chi connectivity index (χ0) is 19.9. The molecule has 0 unspecified atom stereocenters. The summed E-state index contributed by atoms with van der Waals surface area (Å²) in [5.41, 5.74) is 1.92. The number of urea groups is 1. The van der Waals surface area contributed by atoms with Crippen molar-refractivity contribution in [3.63, 3.8) is 0 Å². The first-order chi connectivity index (χ1) is 13.5. The number of benzene rings is 2. The van der Waals surface area contributed by atoms with E-state index in [4.69, 9.17) is 16.3 Å². The Hall–Kier alpha value is -2.73. The molecule has 0 saturated carbocycles. The molecule has 2 aromatic rings. The summed E-state index contributed by atoms with van der Waals surface area (Å²) in [6, 6.07) is 12.1. The van der Waals surface area contributed by atoms with E-state index in [1.165, 1.54) is 0 Å². The second kappa shape index (κ2) is 9.46. The van der Waals surface area contributed by atoms with Crippen LogP contribution >= 0.6 is 11.6 Å². The van der Waals surface area contributed by atoms with Crippen LogP contribution in [0.5, 0.6) is 5.75 Å². The van der Waals surface area contributed by atoms with Gasteiger partial charge in [0.15, 0.2) is 0 Å². The van der Waals surface area contributed by atoms with E-state index in [1.54, 1.807) is 30.3 Å². The van der Waals surface area contributed by atoms with E-state index >= 15 is 0 Å². The predicted molar refractivity (Wildman–Crippen MR) is 110 cm³/mol. The van der Waals surface area contributed by atoms with Crippen molar-refractivity contribution in [1.82, 2.24) is 10.2 Å². The van der Waals surface area contributed by atoms with Crippen molar-refractivity contribution >= 4 is 29.2 Å². The van der Waals surface area contributed by atoms with Crippen LogP contribution in [0, 0.1) is 6.92 Å². The number of ether oxygens (including phenoxy) is 1. The van der Waals surface area contributed by atoms with Crippen LogP contribution in [-0.4, -0.2) is 43.1 Å². The summed E-state index contributed by atoms with van der Waals surface area (Å²) in [6.07, 6.45) is 2.04. The summed E-state index contributed by atoms with van der Waals surface area (Å²) in [5.74, 6) is 0.653. The zero-order valence-electron chi connectivity index (χ0n) is 15.8. The highest BCUT2D eigenvalue weighted by molar-refractivity contribution is 6.30. The van der Waals surface area contributed by atoms with Gasteiger partial charge in [-0.2, -0.15) is 0 Å². The first kappa shape index (κ1) is 20.0. The number of aryl methyl sites for hydroxylation is 1. The maximum absolute atomic E-state index is 12.8. The lowest BCUT2D eigenvalue weighted by Crippen LogP contribution is -2.34. The maximum Gasteiger partial charge on any atom is 0.319 e. The van der Waals surface area contributed by atoms with E-state index in [0.717, 1.165) is 31.5 Å². The molecule has 0 bridgehead atoms. The molecular weight excluding hydrogens is 378 g/mol. The minimum atomic E-state index is -0.374. The smallest absolute Gasteiger partial charge is 0.319 e. The van der Waals surface area contributed by atoms with Crippen LogP contribution in [0.15, 0.2) is 42.5 Å². The van der Waals surface area contributed by atoms with Crippen LogP contribution in [0.4, 0.5) is 10.5 Å². The van der Waals surface area contributed by atoms with E-state index < -0.39 is 0 Å². The predicted octanol–water partition coefficient (Wildman–Crippen LogP) is 4.08. The number of carbonyl (C=O) groups excluding carboxylic acids is 2. The van der Waals surface area contributed by atoms with Crippen molar-refractivity contribution in [2.75, 3.05) is 31.6 Å². The van der Waals surface area contributed by atoms with Crippen molar-refractivity contribution in [2.45, 2.75) is 19.8 Å². The molecule has 2 N–H and O–H groups in total. The zero-order valence-corrected chi connectivity index (χ0v) is 16.6. The van der Waals surface area contributed by atoms with Gasteiger partial charge in [-0.15, -0.1) is 0 Å². The third-order valence-corrected chi connectivity index (χ3v) is 4.85. The fourth-order valence-corrected chi connectivity index (χ4v) is 3.29. The van der Waals surface area contributed by atoms with Gasteiger partial charge >= 0.3 is 6.03 Å². The number of nitrogens with zero attached hydrogens (tertiary/aromatic N) is 1. The lowest BCUT2D eigenvalue weighted by molar-refractivity contribution is 0.0793. The summed E-state index contributed by atoms with van der Waals surface area (Å²) in [7, 11) is 0. The number of hydrogen-bond donors (Lipinski definition) is 2. The molecule has 1 fully saturated rings. The molecule has 148 valence electrons. The van der Waals surface area contributed by atoms with Gasteiger partial charge in [-0.1, -0.05) is 23.7 Å². The van der Waals surface area contributed by atoms with Crippen molar-refractivity contribution in [1.29, 1.82) is 0 Å². The van der Waals surface area contributed by atoms with Gasteiger partial charge in [0.2, 0.25) is 0 Å². The summed E-state index contributed by atoms with van der Waals surface area (Å²) >= 11 is 5.83. The second-order valence-corrected chi connectivity index (χ2v) is 7.12. The average molecular weight is 402 g/mol. The third kappa shape index (κ3) is 5.16. The van der Waals surface area contributed by atoms with E-state index in [1.807, 2.05) is 24.0 Å². The molecule has 2 aromatic carbocycles. The van der Waals surface area contributed by atoms with E-state index in [0.29, 0.717) is 35.2 Å². The molecular formula is C21H24ClN3O3. The number of likely N-dealkylation sites (tertiary alicyclic amines) is 1. The summed E-state index contributed by atoms with van der Waals surface area (Å²) in [5, 5.41) is 6.17. The fraction of sp³-hybridized carbons (Fsp3) is 0.333. The lowest BCUT2D eigenvalue weighted by Gasteiger charge is -2.20. The van der Waals surface area contributed by atoms with Gasteiger partial charge in [0.05, 0.1) is 17.8 Å². The monoisotopic (exact) mass is 401 g/mol. The fourth-order valence-electron chi connectivity index (χ4n) is 3.16. The van der Waals surface area contributed by atoms with E-state index in [9.17, 15) is 9.59 Å². The van der Waals surface area contributed by atoms with Crippen LogP contribution in [0.1, 0.15) is 28.8 Å². The molecule has 0 aromatic heterocycles. The Morgan fingerprint density at radius 2 is 1.82 bits per heavy atom. The number of anilines is 1. The quantitative estimate of drug-likeness (QED) is 0.716. The summed E-state index contributed by atoms with van der Waals surface area (Å²) in [6.45, 7) is 4.06.